The quantitative estimate of drug-likeness (QED) is 0.533. The number of benzene rings is 2. The van der Waals surface area contributed by atoms with Gasteiger partial charge < -0.3 is 15.3 Å². The number of anilines is 1. The third-order valence-corrected chi connectivity index (χ3v) is 3.17. The Hall–Kier alpha value is -2.21. The number of hydrogen-bond donors (Lipinski definition) is 3. The fraction of sp³-hybridized carbons (Fsp3) is 0.235. The van der Waals surface area contributed by atoms with Crippen LogP contribution in [-0.2, 0) is 6.54 Å². The Morgan fingerprint density at radius 2 is 1.55 bits per heavy atom. The summed E-state index contributed by atoms with van der Waals surface area (Å²) >= 11 is 0. The zero-order chi connectivity index (χ0) is 15.8. The molecule has 2 atom stereocenters. The van der Waals surface area contributed by atoms with E-state index in [1.807, 2.05) is 60.7 Å². The van der Waals surface area contributed by atoms with Gasteiger partial charge in [0.15, 0.2) is 0 Å². The molecule has 2 rings (SSSR count). The smallest absolute Gasteiger partial charge is 0.119 e. The third-order valence-electron chi connectivity index (χ3n) is 3.17. The molecular weight excluding hydrogens is 280 g/mol. The minimum absolute atomic E-state index is 0.517. The lowest BCUT2D eigenvalue weighted by Crippen LogP contribution is -2.31. The van der Waals surface area contributed by atoms with Crippen LogP contribution in [-0.4, -0.2) is 40.3 Å². The molecule has 0 aliphatic carbocycles. The van der Waals surface area contributed by atoms with Crippen molar-refractivity contribution in [3.63, 3.8) is 0 Å². The van der Waals surface area contributed by atoms with Crippen molar-refractivity contribution in [2.75, 3.05) is 11.6 Å². The summed E-state index contributed by atoms with van der Waals surface area (Å²) in [5, 5.41) is 33.9. The molecule has 0 aromatic heterocycles. The first-order chi connectivity index (χ1) is 10.7. The van der Waals surface area contributed by atoms with Crippen LogP contribution in [0.15, 0.2) is 65.8 Å². The molecule has 0 unspecified atom stereocenters. The Bertz CT molecular complexity index is 575. The third kappa shape index (κ3) is 4.66. The molecule has 0 saturated carbocycles. The molecule has 0 bridgehead atoms. The van der Waals surface area contributed by atoms with E-state index in [-0.39, 0.29) is 0 Å². The van der Waals surface area contributed by atoms with E-state index in [1.54, 1.807) is 5.01 Å². The molecule has 0 fully saturated rings. The lowest BCUT2D eigenvalue weighted by Gasteiger charge is -2.20. The first kappa shape index (κ1) is 16.2. The van der Waals surface area contributed by atoms with Crippen molar-refractivity contribution in [1.29, 1.82) is 0 Å². The second-order valence-electron chi connectivity index (χ2n) is 4.88. The molecule has 0 heterocycles. The van der Waals surface area contributed by atoms with Gasteiger partial charge >= 0.3 is 0 Å². The SMILES string of the molecule is OC[C@@H](O)[C@@H](O)/C=N/N(Cc1ccccc1)c1ccccc1. The van der Waals surface area contributed by atoms with Gasteiger partial charge in [0.05, 0.1) is 25.1 Å². The van der Waals surface area contributed by atoms with Crippen molar-refractivity contribution < 1.29 is 15.3 Å². The van der Waals surface area contributed by atoms with Crippen LogP contribution < -0.4 is 5.01 Å². The summed E-state index contributed by atoms with van der Waals surface area (Å²) in [6.45, 7) is 0.0144. The van der Waals surface area contributed by atoms with E-state index < -0.39 is 18.8 Å². The number of hydrogen-bond acceptors (Lipinski definition) is 5. The predicted octanol–water partition coefficient (Wildman–Crippen LogP) is 1.39. The van der Waals surface area contributed by atoms with E-state index in [1.165, 1.54) is 6.21 Å². The van der Waals surface area contributed by atoms with Crippen molar-refractivity contribution >= 4 is 11.9 Å². The molecule has 0 spiro atoms. The van der Waals surface area contributed by atoms with E-state index in [0.29, 0.717) is 6.54 Å². The molecule has 0 radical (unpaired) electrons. The molecule has 3 N–H and O–H groups in total. The highest BCUT2D eigenvalue weighted by Crippen LogP contribution is 2.17. The standard InChI is InChI=1S/C17H20N2O3/c20-13-17(22)16(21)11-18-19(15-9-5-2-6-10-15)12-14-7-3-1-4-8-14/h1-11,16-17,20-22H,12-13H2/b18-11+/t16-,17+/m0/s1. The Labute approximate surface area is 129 Å². The molecule has 0 aliphatic heterocycles. The maximum atomic E-state index is 9.69. The van der Waals surface area contributed by atoms with Crippen LogP contribution in [0.3, 0.4) is 0 Å². The molecule has 5 heteroatoms. The summed E-state index contributed by atoms with van der Waals surface area (Å²) < 4.78 is 0. The van der Waals surface area contributed by atoms with Gasteiger partial charge in [-0.2, -0.15) is 5.10 Å². The van der Waals surface area contributed by atoms with E-state index in [2.05, 4.69) is 5.10 Å². The predicted molar refractivity (Wildman–Crippen MR) is 86.7 cm³/mol. The van der Waals surface area contributed by atoms with Gasteiger partial charge in [-0.15, -0.1) is 0 Å². The van der Waals surface area contributed by atoms with Crippen molar-refractivity contribution in [2.24, 2.45) is 5.10 Å². The monoisotopic (exact) mass is 300 g/mol. The maximum Gasteiger partial charge on any atom is 0.119 e. The molecule has 22 heavy (non-hydrogen) atoms. The molecule has 0 amide bonds. The zero-order valence-electron chi connectivity index (χ0n) is 12.2. The molecular formula is C17H20N2O3. The van der Waals surface area contributed by atoms with Crippen molar-refractivity contribution in [1.82, 2.24) is 0 Å². The van der Waals surface area contributed by atoms with Crippen LogP contribution in [0.4, 0.5) is 5.69 Å². The fourth-order valence-electron chi connectivity index (χ4n) is 1.91. The van der Waals surface area contributed by atoms with Gasteiger partial charge in [-0.05, 0) is 17.7 Å². The normalized spacial score (nSPS) is 14.0. The first-order valence-electron chi connectivity index (χ1n) is 7.08. The number of rotatable bonds is 7. The van der Waals surface area contributed by atoms with Gasteiger partial charge in [-0.3, -0.25) is 5.01 Å². The molecule has 0 aliphatic rings. The van der Waals surface area contributed by atoms with Gasteiger partial charge in [0, 0.05) is 0 Å². The van der Waals surface area contributed by atoms with Crippen LogP contribution in [0.2, 0.25) is 0 Å². The second-order valence-corrected chi connectivity index (χ2v) is 4.88. The lowest BCUT2D eigenvalue weighted by molar-refractivity contribution is 0.0203. The number of nitrogens with zero attached hydrogens (tertiary/aromatic N) is 2. The average molecular weight is 300 g/mol. The number of aliphatic hydroxyl groups excluding tert-OH is 3. The van der Waals surface area contributed by atoms with Gasteiger partial charge in [-0.25, -0.2) is 0 Å². The Morgan fingerprint density at radius 3 is 2.14 bits per heavy atom. The number of aliphatic hydroxyl groups is 3. The summed E-state index contributed by atoms with van der Waals surface area (Å²) in [7, 11) is 0. The summed E-state index contributed by atoms with van der Waals surface area (Å²) in [4.78, 5) is 0. The van der Waals surface area contributed by atoms with Crippen LogP contribution in [0.1, 0.15) is 5.56 Å². The van der Waals surface area contributed by atoms with Gasteiger partial charge in [0.2, 0.25) is 0 Å². The summed E-state index contributed by atoms with van der Waals surface area (Å²) in [5.74, 6) is 0. The minimum Gasteiger partial charge on any atom is -0.394 e. The number of para-hydroxylation sites is 1. The molecule has 5 nitrogen and oxygen atoms in total. The Kier molecular flexibility index (Phi) is 6.09. The first-order valence-corrected chi connectivity index (χ1v) is 7.08. The number of hydrazone groups is 1. The summed E-state index contributed by atoms with van der Waals surface area (Å²) in [6.07, 6.45) is -1.22. The maximum absolute atomic E-state index is 9.69. The second kappa shape index (κ2) is 8.29. The molecule has 2 aromatic carbocycles. The van der Waals surface area contributed by atoms with Crippen LogP contribution in [0.25, 0.3) is 0 Å². The highest BCUT2D eigenvalue weighted by molar-refractivity contribution is 5.65. The van der Waals surface area contributed by atoms with E-state index in [9.17, 15) is 10.2 Å². The van der Waals surface area contributed by atoms with Crippen molar-refractivity contribution in [3.05, 3.63) is 66.2 Å². The van der Waals surface area contributed by atoms with Crippen LogP contribution >= 0.6 is 0 Å². The van der Waals surface area contributed by atoms with Crippen molar-refractivity contribution in [3.8, 4) is 0 Å². The van der Waals surface area contributed by atoms with Gasteiger partial charge in [0.25, 0.3) is 0 Å². The lowest BCUT2D eigenvalue weighted by atomic mass is 10.2. The van der Waals surface area contributed by atoms with Crippen LogP contribution in [0.5, 0.6) is 0 Å². The molecule has 2 aromatic rings. The Morgan fingerprint density at radius 1 is 0.955 bits per heavy atom. The molecule has 116 valence electrons. The average Bonchev–Trinajstić information content (AvgIpc) is 2.59. The molecule has 0 saturated heterocycles. The topological polar surface area (TPSA) is 76.3 Å². The van der Waals surface area contributed by atoms with Crippen molar-refractivity contribution in [2.45, 2.75) is 18.8 Å². The highest BCUT2D eigenvalue weighted by atomic mass is 16.4. The minimum atomic E-state index is -1.24. The summed E-state index contributed by atoms with van der Waals surface area (Å²) in [6, 6.07) is 19.4. The van der Waals surface area contributed by atoms with Crippen LogP contribution in [0, 0.1) is 0 Å². The summed E-state index contributed by atoms with van der Waals surface area (Å²) in [5.41, 5.74) is 1.94. The fourth-order valence-corrected chi connectivity index (χ4v) is 1.91. The largest absolute Gasteiger partial charge is 0.394 e. The highest BCUT2D eigenvalue weighted by Gasteiger charge is 2.13. The zero-order valence-corrected chi connectivity index (χ0v) is 12.2. The van der Waals surface area contributed by atoms with E-state index in [0.717, 1.165) is 11.3 Å². The van der Waals surface area contributed by atoms with Gasteiger partial charge in [-0.1, -0.05) is 48.5 Å². The Balaban J connectivity index is 2.17. The van der Waals surface area contributed by atoms with E-state index in [4.69, 9.17) is 5.11 Å². The van der Waals surface area contributed by atoms with Gasteiger partial charge in [0.1, 0.15) is 12.2 Å². The van der Waals surface area contributed by atoms with E-state index >= 15 is 0 Å².